The summed E-state index contributed by atoms with van der Waals surface area (Å²) >= 11 is 12.4. The molecule has 0 fully saturated rings. The number of dihydropyridines is 1. The van der Waals surface area contributed by atoms with Crippen LogP contribution in [0.4, 0.5) is 0 Å². The molecule has 1 heterocycles. The zero-order valence-corrected chi connectivity index (χ0v) is 16.6. The van der Waals surface area contributed by atoms with Crippen LogP contribution in [0.2, 0.25) is 10.0 Å². The summed E-state index contributed by atoms with van der Waals surface area (Å²) in [5.41, 5.74) is 2.44. The van der Waals surface area contributed by atoms with Gasteiger partial charge in [0.25, 0.3) is 0 Å². The lowest BCUT2D eigenvalue weighted by Gasteiger charge is -2.30. The second-order valence-corrected chi connectivity index (χ2v) is 6.59. The molecule has 0 spiro atoms. The number of carbonyl (C=O) groups excluding carboxylic acids is 2. The predicted octanol–water partition coefficient (Wildman–Crippen LogP) is 4.35. The molecular formula is C19H21Cl2NO4. The second kappa shape index (κ2) is 8.60. The number of rotatable bonds is 5. The zero-order valence-electron chi connectivity index (χ0n) is 15.1. The van der Waals surface area contributed by atoms with Gasteiger partial charge in [-0.1, -0.05) is 29.3 Å². The van der Waals surface area contributed by atoms with Crippen LogP contribution in [0, 0.1) is 0 Å². The number of hydrogen-bond acceptors (Lipinski definition) is 5. The molecule has 0 amide bonds. The molecule has 1 aromatic rings. The van der Waals surface area contributed by atoms with Crippen molar-refractivity contribution in [2.24, 2.45) is 0 Å². The summed E-state index contributed by atoms with van der Waals surface area (Å²) in [6.45, 7) is 7.40. The van der Waals surface area contributed by atoms with E-state index >= 15 is 0 Å². The summed E-state index contributed by atoms with van der Waals surface area (Å²) in [4.78, 5) is 25.3. The Morgan fingerprint density at radius 1 is 1.00 bits per heavy atom. The molecule has 0 bridgehead atoms. The van der Waals surface area contributed by atoms with E-state index < -0.39 is 17.9 Å². The maximum absolute atomic E-state index is 12.6. The number of carbonyl (C=O) groups is 2. The normalized spacial score (nSPS) is 15.0. The van der Waals surface area contributed by atoms with Crippen molar-refractivity contribution in [3.8, 4) is 0 Å². The van der Waals surface area contributed by atoms with E-state index in [1.54, 1.807) is 45.9 Å². The van der Waals surface area contributed by atoms with Crippen molar-refractivity contribution < 1.29 is 19.1 Å². The highest BCUT2D eigenvalue weighted by Gasteiger charge is 2.38. The van der Waals surface area contributed by atoms with Crippen LogP contribution in [0.25, 0.3) is 0 Å². The minimum Gasteiger partial charge on any atom is -0.463 e. The monoisotopic (exact) mass is 397 g/mol. The highest BCUT2D eigenvalue weighted by atomic mass is 35.5. The quantitative estimate of drug-likeness (QED) is 0.747. The Kier molecular flexibility index (Phi) is 6.73. The third-order valence-electron chi connectivity index (χ3n) is 4.02. The third kappa shape index (κ3) is 4.05. The fraction of sp³-hybridized carbons (Fsp3) is 0.368. The molecule has 1 aliphatic rings. The van der Waals surface area contributed by atoms with Gasteiger partial charge in [0.1, 0.15) is 0 Å². The Bertz CT molecular complexity index is 759. The molecule has 0 aliphatic carbocycles. The van der Waals surface area contributed by atoms with Gasteiger partial charge >= 0.3 is 11.9 Å². The number of ether oxygens (including phenoxy) is 2. The van der Waals surface area contributed by atoms with Gasteiger partial charge in [0.05, 0.1) is 30.3 Å². The van der Waals surface area contributed by atoms with Gasteiger partial charge in [-0.25, -0.2) is 9.59 Å². The van der Waals surface area contributed by atoms with E-state index in [4.69, 9.17) is 32.7 Å². The molecule has 0 saturated heterocycles. The van der Waals surface area contributed by atoms with Crippen LogP contribution in [0.15, 0.2) is 40.7 Å². The lowest BCUT2D eigenvalue weighted by molar-refractivity contribution is -0.139. The Hall–Kier alpha value is -1.98. The molecule has 1 aromatic carbocycles. The molecule has 7 heteroatoms. The van der Waals surface area contributed by atoms with Crippen molar-refractivity contribution in [2.75, 3.05) is 13.2 Å². The summed E-state index contributed by atoms with van der Waals surface area (Å²) < 4.78 is 10.4. The average molecular weight is 398 g/mol. The van der Waals surface area contributed by atoms with Crippen LogP contribution in [0.5, 0.6) is 0 Å². The van der Waals surface area contributed by atoms with Crippen molar-refractivity contribution in [3.05, 3.63) is 56.3 Å². The number of nitrogens with one attached hydrogen (secondary N) is 1. The minimum atomic E-state index is -0.709. The van der Waals surface area contributed by atoms with Crippen molar-refractivity contribution in [1.82, 2.24) is 5.32 Å². The Balaban J connectivity index is 2.69. The first kappa shape index (κ1) is 20.3. The summed E-state index contributed by atoms with van der Waals surface area (Å²) in [6, 6.07) is 4.96. The predicted molar refractivity (Wildman–Crippen MR) is 101 cm³/mol. The Morgan fingerprint density at radius 3 is 1.92 bits per heavy atom. The van der Waals surface area contributed by atoms with Gasteiger partial charge in [-0.3, -0.25) is 0 Å². The fourth-order valence-corrected chi connectivity index (χ4v) is 3.52. The van der Waals surface area contributed by atoms with Gasteiger partial charge in [-0.15, -0.1) is 0 Å². The molecule has 0 saturated carbocycles. The van der Waals surface area contributed by atoms with Gasteiger partial charge < -0.3 is 14.8 Å². The smallest absolute Gasteiger partial charge is 0.336 e. The summed E-state index contributed by atoms with van der Waals surface area (Å²) in [6.07, 6.45) is 0. The van der Waals surface area contributed by atoms with Crippen LogP contribution in [-0.4, -0.2) is 25.2 Å². The average Bonchev–Trinajstić information content (AvgIpc) is 2.54. The highest BCUT2D eigenvalue weighted by molar-refractivity contribution is 6.35. The Labute approximate surface area is 162 Å². The third-order valence-corrected chi connectivity index (χ3v) is 4.59. The van der Waals surface area contributed by atoms with Crippen LogP contribution >= 0.6 is 23.2 Å². The molecule has 1 N–H and O–H groups in total. The lowest BCUT2D eigenvalue weighted by Crippen LogP contribution is -2.32. The largest absolute Gasteiger partial charge is 0.463 e. The molecule has 26 heavy (non-hydrogen) atoms. The van der Waals surface area contributed by atoms with Gasteiger partial charge in [0.2, 0.25) is 0 Å². The first-order chi connectivity index (χ1) is 12.3. The number of allylic oxidation sites excluding steroid dienone is 2. The van der Waals surface area contributed by atoms with E-state index in [-0.39, 0.29) is 13.2 Å². The molecule has 1 aliphatic heterocycles. The molecule has 140 valence electrons. The SMILES string of the molecule is CCOC(=O)C1=C(C)NC(C)=C(C(=O)OCC)C1c1ccc(Cl)cc1Cl. The minimum absolute atomic E-state index is 0.216. The first-order valence-corrected chi connectivity index (χ1v) is 9.05. The van der Waals surface area contributed by atoms with Crippen LogP contribution in [0.3, 0.4) is 0 Å². The number of benzene rings is 1. The summed E-state index contributed by atoms with van der Waals surface area (Å²) in [5, 5.41) is 3.89. The van der Waals surface area contributed by atoms with Crippen molar-refractivity contribution in [1.29, 1.82) is 0 Å². The molecule has 5 nitrogen and oxygen atoms in total. The van der Waals surface area contributed by atoms with E-state index in [1.807, 2.05) is 0 Å². The van der Waals surface area contributed by atoms with E-state index in [2.05, 4.69) is 5.32 Å². The number of esters is 2. The molecule has 2 rings (SSSR count). The maximum atomic E-state index is 12.6. The molecule has 0 aromatic heterocycles. The van der Waals surface area contributed by atoms with E-state index in [0.717, 1.165) is 0 Å². The van der Waals surface area contributed by atoms with Crippen LogP contribution in [0.1, 0.15) is 39.2 Å². The van der Waals surface area contributed by atoms with Crippen LogP contribution < -0.4 is 5.32 Å². The zero-order chi connectivity index (χ0) is 19.4. The standard InChI is InChI=1S/C19H21Cl2NO4/c1-5-25-18(23)15-10(3)22-11(4)16(19(24)26-6-2)17(15)13-8-7-12(20)9-14(13)21/h7-9,17,22H,5-6H2,1-4H3. The molecular weight excluding hydrogens is 377 g/mol. The van der Waals surface area contributed by atoms with Crippen LogP contribution in [-0.2, 0) is 19.1 Å². The number of hydrogen-bond donors (Lipinski definition) is 1. The van der Waals surface area contributed by atoms with Gasteiger partial charge in [0.15, 0.2) is 0 Å². The van der Waals surface area contributed by atoms with Gasteiger partial charge in [-0.2, -0.15) is 0 Å². The van der Waals surface area contributed by atoms with E-state index in [1.165, 1.54) is 0 Å². The fourth-order valence-electron chi connectivity index (χ4n) is 3.00. The number of halogens is 2. The Morgan fingerprint density at radius 2 is 1.50 bits per heavy atom. The van der Waals surface area contributed by atoms with Gasteiger partial charge in [-0.05, 0) is 45.4 Å². The highest BCUT2D eigenvalue weighted by Crippen LogP contribution is 2.42. The van der Waals surface area contributed by atoms with Crippen molar-refractivity contribution >= 4 is 35.1 Å². The topological polar surface area (TPSA) is 64.6 Å². The summed E-state index contributed by atoms with van der Waals surface area (Å²) in [7, 11) is 0. The van der Waals surface area contributed by atoms with Gasteiger partial charge in [0, 0.05) is 21.4 Å². The summed E-state index contributed by atoms with van der Waals surface area (Å²) in [5.74, 6) is -1.73. The first-order valence-electron chi connectivity index (χ1n) is 8.29. The van der Waals surface area contributed by atoms with Crippen molar-refractivity contribution in [3.63, 3.8) is 0 Å². The van der Waals surface area contributed by atoms with Crippen molar-refractivity contribution in [2.45, 2.75) is 33.6 Å². The lowest BCUT2D eigenvalue weighted by atomic mass is 9.80. The van der Waals surface area contributed by atoms with E-state index in [9.17, 15) is 9.59 Å². The maximum Gasteiger partial charge on any atom is 0.336 e. The molecule has 0 radical (unpaired) electrons. The molecule has 0 atom stereocenters. The molecule has 0 unspecified atom stereocenters. The second-order valence-electron chi connectivity index (χ2n) is 5.74. The van der Waals surface area contributed by atoms with E-state index in [0.29, 0.717) is 38.1 Å².